The summed E-state index contributed by atoms with van der Waals surface area (Å²) >= 11 is 0. The van der Waals surface area contributed by atoms with E-state index in [2.05, 4.69) is 10.3 Å². The van der Waals surface area contributed by atoms with Crippen molar-refractivity contribution in [2.75, 3.05) is 11.5 Å². The van der Waals surface area contributed by atoms with Crippen LogP contribution in [-0.4, -0.2) is 35.4 Å². The summed E-state index contributed by atoms with van der Waals surface area (Å²) in [6.07, 6.45) is 2.77. The maximum Gasteiger partial charge on any atom is 0.240 e. The van der Waals surface area contributed by atoms with Crippen LogP contribution in [0.5, 0.6) is 0 Å². The Balaban J connectivity index is 1.53. The number of nitrogens with one attached hydrogen (secondary N) is 1. The van der Waals surface area contributed by atoms with Crippen molar-refractivity contribution in [1.82, 2.24) is 14.9 Å². The SMILES string of the molecule is O=C(Cn1c(C[C@H]2CCS(=O)(=O)C2)nc2ccccc21)NCc1ccco1. The highest BCUT2D eigenvalue weighted by Gasteiger charge is 2.29. The molecule has 0 spiro atoms. The summed E-state index contributed by atoms with van der Waals surface area (Å²) in [7, 11) is -2.94. The Morgan fingerprint density at radius 1 is 1.26 bits per heavy atom. The Kier molecular flexibility index (Phi) is 4.73. The van der Waals surface area contributed by atoms with Crippen molar-refractivity contribution in [3.8, 4) is 0 Å². The summed E-state index contributed by atoms with van der Waals surface area (Å²) in [4.78, 5) is 17.1. The van der Waals surface area contributed by atoms with E-state index in [-0.39, 0.29) is 29.9 Å². The fourth-order valence-corrected chi connectivity index (χ4v) is 5.41. The zero-order valence-corrected chi connectivity index (χ0v) is 15.6. The van der Waals surface area contributed by atoms with E-state index in [1.807, 2.05) is 28.8 Å². The summed E-state index contributed by atoms with van der Waals surface area (Å²) in [5, 5.41) is 2.84. The molecule has 1 aliphatic rings. The van der Waals surface area contributed by atoms with Gasteiger partial charge in [0, 0.05) is 6.42 Å². The number of para-hydroxylation sites is 2. The Morgan fingerprint density at radius 2 is 2.11 bits per heavy atom. The number of hydrogen-bond acceptors (Lipinski definition) is 5. The fourth-order valence-electron chi connectivity index (χ4n) is 3.55. The van der Waals surface area contributed by atoms with E-state index in [1.54, 1.807) is 18.4 Å². The molecule has 1 aliphatic heterocycles. The maximum atomic E-state index is 12.4. The van der Waals surface area contributed by atoms with E-state index >= 15 is 0 Å². The molecule has 4 rings (SSSR count). The first kappa shape index (κ1) is 17.8. The predicted molar refractivity (Wildman–Crippen MR) is 101 cm³/mol. The lowest BCUT2D eigenvalue weighted by atomic mass is 10.1. The molecule has 0 unspecified atom stereocenters. The zero-order chi connectivity index (χ0) is 18.9. The second-order valence-corrected chi connectivity index (χ2v) is 9.16. The molecule has 0 saturated carbocycles. The van der Waals surface area contributed by atoms with Gasteiger partial charge in [0.25, 0.3) is 0 Å². The van der Waals surface area contributed by atoms with Gasteiger partial charge in [-0.15, -0.1) is 0 Å². The molecular weight excluding hydrogens is 366 g/mol. The molecule has 0 radical (unpaired) electrons. The monoisotopic (exact) mass is 387 g/mol. The summed E-state index contributed by atoms with van der Waals surface area (Å²) in [5.74, 6) is 1.79. The normalized spacial score (nSPS) is 18.7. The van der Waals surface area contributed by atoms with E-state index in [4.69, 9.17) is 4.42 Å². The van der Waals surface area contributed by atoms with Gasteiger partial charge in [-0.2, -0.15) is 0 Å². The number of aromatic nitrogens is 2. The maximum absolute atomic E-state index is 12.4. The number of rotatable bonds is 6. The van der Waals surface area contributed by atoms with E-state index in [0.29, 0.717) is 25.1 Å². The fraction of sp³-hybridized carbons (Fsp3) is 0.368. The standard InChI is InChI=1S/C19H21N3O4S/c23-19(20-11-15-4-3-8-26-15)12-22-17-6-2-1-5-16(17)21-18(22)10-14-7-9-27(24,25)13-14/h1-6,8,14H,7,9-13H2,(H,20,23)/t14-/m1/s1. The molecular formula is C19H21N3O4S. The van der Waals surface area contributed by atoms with Gasteiger partial charge < -0.3 is 14.3 Å². The summed E-state index contributed by atoms with van der Waals surface area (Å²) < 4.78 is 30.6. The summed E-state index contributed by atoms with van der Waals surface area (Å²) in [5.41, 5.74) is 1.69. The van der Waals surface area contributed by atoms with Gasteiger partial charge in [0.05, 0.1) is 35.3 Å². The van der Waals surface area contributed by atoms with Crippen LogP contribution in [0.1, 0.15) is 18.0 Å². The third-order valence-electron chi connectivity index (χ3n) is 4.87. The largest absolute Gasteiger partial charge is 0.467 e. The quantitative estimate of drug-likeness (QED) is 0.697. The van der Waals surface area contributed by atoms with Crippen molar-refractivity contribution in [1.29, 1.82) is 0 Å². The number of imidazole rings is 1. The second-order valence-electron chi connectivity index (χ2n) is 6.93. The molecule has 1 atom stereocenters. The molecule has 2 aromatic heterocycles. The highest BCUT2D eigenvalue weighted by Crippen LogP contribution is 2.24. The first-order chi connectivity index (χ1) is 13.0. The van der Waals surface area contributed by atoms with Crippen molar-refractivity contribution in [3.05, 3.63) is 54.2 Å². The lowest BCUT2D eigenvalue weighted by Gasteiger charge is -2.12. The van der Waals surface area contributed by atoms with Crippen LogP contribution < -0.4 is 5.32 Å². The van der Waals surface area contributed by atoms with Crippen LogP contribution in [0.15, 0.2) is 47.1 Å². The van der Waals surface area contributed by atoms with E-state index in [0.717, 1.165) is 16.9 Å². The molecule has 142 valence electrons. The van der Waals surface area contributed by atoms with Gasteiger partial charge in [0.2, 0.25) is 5.91 Å². The molecule has 0 bridgehead atoms. The average Bonchev–Trinajstić information content (AvgIpc) is 3.34. The van der Waals surface area contributed by atoms with Crippen molar-refractivity contribution in [2.24, 2.45) is 5.92 Å². The number of carbonyl (C=O) groups is 1. The van der Waals surface area contributed by atoms with Crippen LogP contribution >= 0.6 is 0 Å². The number of hydrogen-bond donors (Lipinski definition) is 1. The number of carbonyl (C=O) groups excluding carboxylic acids is 1. The van der Waals surface area contributed by atoms with Gasteiger partial charge >= 0.3 is 0 Å². The van der Waals surface area contributed by atoms with Crippen LogP contribution in [0.4, 0.5) is 0 Å². The van der Waals surface area contributed by atoms with Crippen LogP contribution in [0.3, 0.4) is 0 Å². The topological polar surface area (TPSA) is 94.2 Å². The van der Waals surface area contributed by atoms with E-state index < -0.39 is 9.84 Å². The molecule has 1 N–H and O–H groups in total. The van der Waals surface area contributed by atoms with Gasteiger partial charge in [-0.3, -0.25) is 4.79 Å². The molecule has 7 nitrogen and oxygen atoms in total. The first-order valence-electron chi connectivity index (χ1n) is 8.94. The van der Waals surface area contributed by atoms with E-state index in [1.165, 1.54) is 0 Å². The number of sulfone groups is 1. The molecule has 8 heteroatoms. The molecule has 0 aliphatic carbocycles. The van der Waals surface area contributed by atoms with Crippen LogP contribution in [0.2, 0.25) is 0 Å². The van der Waals surface area contributed by atoms with Gasteiger partial charge in [0.1, 0.15) is 18.1 Å². The lowest BCUT2D eigenvalue weighted by Crippen LogP contribution is -2.28. The second kappa shape index (κ2) is 7.19. The number of benzene rings is 1. The number of furan rings is 1. The van der Waals surface area contributed by atoms with Crippen molar-refractivity contribution >= 4 is 26.8 Å². The average molecular weight is 387 g/mol. The Morgan fingerprint density at radius 3 is 2.85 bits per heavy atom. The Labute approximate surface area is 157 Å². The third kappa shape index (κ3) is 4.05. The lowest BCUT2D eigenvalue weighted by molar-refractivity contribution is -0.121. The van der Waals surface area contributed by atoms with Crippen LogP contribution in [0, 0.1) is 5.92 Å². The molecule has 1 aromatic carbocycles. The number of amides is 1. The molecule has 3 aromatic rings. The predicted octanol–water partition coefficient (Wildman–Crippen LogP) is 1.92. The van der Waals surface area contributed by atoms with Crippen molar-refractivity contribution in [3.63, 3.8) is 0 Å². The van der Waals surface area contributed by atoms with Gasteiger partial charge in [0.15, 0.2) is 9.84 Å². The van der Waals surface area contributed by atoms with Crippen LogP contribution in [0.25, 0.3) is 11.0 Å². The minimum atomic E-state index is -2.94. The molecule has 27 heavy (non-hydrogen) atoms. The summed E-state index contributed by atoms with van der Waals surface area (Å²) in [6, 6.07) is 11.2. The zero-order valence-electron chi connectivity index (χ0n) is 14.8. The highest BCUT2D eigenvalue weighted by molar-refractivity contribution is 7.91. The van der Waals surface area contributed by atoms with Crippen molar-refractivity contribution in [2.45, 2.75) is 25.9 Å². The minimum absolute atomic E-state index is 0.0525. The first-order valence-corrected chi connectivity index (χ1v) is 10.8. The summed E-state index contributed by atoms with van der Waals surface area (Å²) in [6.45, 7) is 0.463. The van der Waals surface area contributed by atoms with Gasteiger partial charge in [-0.1, -0.05) is 12.1 Å². The van der Waals surface area contributed by atoms with Gasteiger partial charge in [-0.05, 0) is 36.6 Å². The number of nitrogens with zero attached hydrogens (tertiary/aromatic N) is 2. The molecule has 1 amide bonds. The Bertz CT molecular complexity index is 1050. The minimum Gasteiger partial charge on any atom is -0.467 e. The van der Waals surface area contributed by atoms with Gasteiger partial charge in [-0.25, -0.2) is 13.4 Å². The number of fused-ring (bicyclic) bond motifs is 1. The molecule has 3 heterocycles. The highest BCUT2D eigenvalue weighted by atomic mass is 32.2. The van der Waals surface area contributed by atoms with Crippen LogP contribution in [-0.2, 0) is 34.1 Å². The van der Waals surface area contributed by atoms with E-state index in [9.17, 15) is 13.2 Å². The smallest absolute Gasteiger partial charge is 0.240 e. The molecule has 1 saturated heterocycles. The molecule has 1 fully saturated rings. The Hall–Kier alpha value is -2.61. The van der Waals surface area contributed by atoms with Crippen molar-refractivity contribution < 1.29 is 17.6 Å². The third-order valence-corrected chi connectivity index (χ3v) is 6.71.